The summed E-state index contributed by atoms with van der Waals surface area (Å²) in [6.45, 7) is 3.90. The van der Waals surface area contributed by atoms with Gasteiger partial charge in [0.05, 0.1) is 25.4 Å². The van der Waals surface area contributed by atoms with Crippen molar-refractivity contribution in [2.75, 3.05) is 13.2 Å². The van der Waals surface area contributed by atoms with Crippen molar-refractivity contribution in [1.29, 1.82) is 0 Å². The summed E-state index contributed by atoms with van der Waals surface area (Å²) < 4.78 is 15.6. The fraction of sp³-hybridized carbons (Fsp3) is 0.500. The van der Waals surface area contributed by atoms with Gasteiger partial charge in [0.15, 0.2) is 0 Å². The predicted octanol–water partition coefficient (Wildman–Crippen LogP) is 2.09. The van der Waals surface area contributed by atoms with E-state index in [2.05, 4.69) is 0 Å². The maximum Gasteiger partial charge on any atom is 0.394 e. The molecule has 0 saturated heterocycles. The van der Waals surface area contributed by atoms with Crippen molar-refractivity contribution < 1.29 is 23.8 Å². The molecule has 0 aliphatic heterocycles. The summed E-state index contributed by atoms with van der Waals surface area (Å²) in [7, 11) is -1.96. The standard InChI is InChI=1S/C12H19O5P/c1-10(13)8-15-11(2)9-16-18(14)17-12-6-4-3-5-7-12/h3-7,10-11,13-14H,8-9H2,1-2H3. The van der Waals surface area contributed by atoms with Gasteiger partial charge >= 0.3 is 8.60 Å². The number of benzene rings is 1. The van der Waals surface area contributed by atoms with Crippen LogP contribution in [0.2, 0.25) is 0 Å². The molecule has 0 amide bonds. The fourth-order valence-electron chi connectivity index (χ4n) is 1.12. The van der Waals surface area contributed by atoms with Crippen molar-refractivity contribution in [2.24, 2.45) is 0 Å². The average Bonchev–Trinajstić information content (AvgIpc) is 2.35. The van der Waals surface area contributed by atoms with Crippen LogP contribution in [0.15, 0.2) is 30.3 Å². The summed E-state index contributed by atoms with van der Waals surface area (Å²) in [5.74, 6) is 0.559. The van der Waals surface area contributed by atoms with Gasteiger partial charge in [-0.3, -0.25) is 4.52 Å². The number of ether oxygens (including phenoxy) is 1. The Morgan fingerprint density at radius 2 is 1.83 bits per heavy atom. The second kappa shape index (κ2) is 8.40. The molecule has 3 unspecified atom stereocenters. The highest BCUT2D eigenvalue weighted by Crippen LogP contribution is 2.34. The Bertz CT molecular complexity index is 320. The zero-order valence-electron chi connectivity index (χ0n) is 10.5. The van der Waals surface area contributed by atoms with Gasteiger partial charge < -0.3 is 19.3 Å². The smallest absolute Gasteiger partial charge is 0.394 e. The molecule has 1 aromatic rings. The van der Waals surface area contributed by atoms with Crippen LogP contribution < -0.4 is 4.52 Å². The van der Waals surface area contributed by atoms with E-state index in [1.807, 2.05) is 18.2 Å². The summed E-state index contributed by atoms with van der Waals surface area (Å²) in [6, 6.07) is 8.96. The lowest BCUT2D eigenvalue weighted by molar-refractivity contribution is -0.0145. The zero-order valence-corrected chi connectivity index (χ0v) is 11.4. The third kappa shape index (κ3) is 6.89. The number of rotatable bonds is 8. The van der Waals surface area contributed by atoms with Crippen molar-refractivity contribution in [2.45, 2.75) is 26.1 Å². The summed E-state index contributed by atoms with van der Waals surface area (Å²) in [4.78, 5) is 9.54. The van der Waals surface area contributed by atoms with E-state index < -0.39 is 14.7 Å². The van der Waals surface area contributed by atoms with E-state index in [0.717, 1.165) is 0 Å². The molecule has 6 heteroatoms. The van der Waals surface area contributed by atoms with E-state index in [0.29, 0.717) is 5.75 Å². The van der Waals surface area contributed by atoms with Crippen LogP contribution in [0.3, 0.4) is 0 Å². The first kappa shape index (κ1) is 15.3. The monoisotopic (exact) mass is 274 g/mol. The van der Waals surface area contributed by atoms with Gasteiger partial charge in [-0.2, -0.15) is 0 Å². The summed E-state index contributed by atoms with van der Waals surface area (Å²) in [5, 5.41) is 9.04. The molecule has 0 bridgehead atoms. The van der Waals surface area contributed by atoms with Gasteiger partial charge in [-0.1, -0.05) is 18.2 Å². The van der Waals surface area contributed by atoms with E-state index in [1.165, 1.54) is 0 Å². The minimum Gasteiger partial charge on any atom is -0.427 e. The van der Waals surface area contributed by atoms with Crippen LogP contribution >= 0.6 is 8.60 Å². The Balaban J connectivity index is 2.18. The van der Waals surface area contributed by atoms with Crippen molar-refractivity contribution in [3.05, 3.63) is 30.3 Å². The third-order valence-corrected chi connectivity index (χ3v) is 2.71. The maximum absolute atomic E-state index is 9.54. The molecule has 0 radical (unpaired) electrons. The number of hydrogen-bond acceptors (Lipinski definition) is 5. The lowest BCUT2D eigenvalue weighted by Gasteiger charge is -2.16. The molecule has 0 aromatic heterocycles. The Morgan fingerprint density at radius 3 is 2.44 bits per heavy atom. The second-order valence-corrected chi connectivity index (χ2v) is 4.85. The largest absolute Gasteiger partial charge is 0.427 e. The molecule has 0 aliphatic carbocycles. The Morgan fingerprint density at radius 1 is 1.17 bits per heavy atom. The third-order valence-electron chi connectivity index (χ3n) is 1.97. The maximum atomic E-state index is 9.54. The second-order valence-electron chi connectivity index (χ2n) is 3.93. The quantitative estimate of drug-likeness (QED) is 0.710. The number of aliphatic hydroxyl groups is 1. The van der Waals surface area contributed by atoms with Crippen molar-refractivity contribution in [3.8, 4) is 5.75 Å². The molecule has 18 heavy (non-hydrogen) atoms. The molecule has 1 rings (SSSR count). The van der Waals surface area contributed by atoms with Crippen molar-refractivity contribution in [1.82, 2.24) is 0 Å². The Kier molecular flexibility index (Phi) is 7.16. The van der Waals surface area contributed by atoms with E-state index in [9.17, 15) is 4.89 Å². The van der Waals surface area contributed by atoms with Crippen LogP contribution in [-0.2, 0) is 9.26 Å². The normalized spacial score (nSPS) is 16.0. The first-order valence-corrected chi connectivity index (χ1v) is 6.85. The minimum absolute atomic E-state index is 0.210. The van der Waals surface area contributed by atoms with Gasteiger partial charge in [0.1, 0.15) is 5.75 Å². The van der Waals surface area contributed by atoms with Crippen LogP contribution in [-0.4, -0.2) is 35.4 Å². The Labute approximate surface area is 108 Å². The molecular weight excluding hydrogens is 255 g/mol. The molecule has 0 fully saturated rings. The zero-order chi connectivity index (χ0) is 13.4. The molecule has 1 aromatic carbocycles. The van der Waals surface area contributed by atoms with Crippen LogP contribution in [0.25, 0.3) is 0 Å². The lowest BCUT2D eigenvalue weighted by Crippen LogP contribution is -2.20. The predicted molar refractivity (Wildman–Crippen MR) is 69.3 cm³/mol. The highest BCUT2D eigenvalue weighted by Gasteiger charge is 2.12. The molecule has 0 aliphatic rings. The van der Waals surface area contributed by atoms with Gasteiger partial charge in [-0.25, -0.2) is 0 Å². The van der Waals surface area contributed by atoms with Gasteiger partial charge in [0.2, 0.25) is 0 Å². The van der Waals surface area contributed by atoms with Gasteiger partial charge in [-0.05, 0) is 26.0 Å². The van der Waals surface area contributed by atoms with Crippen LogP contribution in [0.5, 0.6) is 5.75 Å². The van der Waals surface area contributed by atoms with Gasteiger partial charge in [0.25, 0.3) is 0 Å². The topological polar surface area (TPSA) is 68.2 Å². The number of hydrogen-bond donors (Lipinski definition) is 2. The van der Waals surface area contributed by atoms with E-state index in [1.54, 1.807) is 26.0 Å². The van der Waals surface area contributed by atoms with Crippen LogP contribution in [0.1, 0.15) is 13.8 Å². The molecule has 102 valence electrons. The summed E-state index contributed by atoms with van der Waals surface area (Å²) in [5.41, 5.74) is 0. The molecule has 3 atom stereocenters. The highest BCUT2D eigenvalue weighted by atomic mass is 31.2. The van der Waals surface area contributed by atoms with E-state index >= 15 is 0 Å². The highest BCUT2D eigenvalue weighted by molar-refractivity contribution is 7.41. The fourth-order valence-corrected chi connectivity index (χ4v) is 1.81. The summed E-state index contributed by atoms with van der Waals surface area (Å²) >= 11 is 0. The van der Waals surface area contributed by atoms with Crippen molar-refractivity contribution >= 4 is 8.60 Å². The van der Waals surface area contributed by atoms with Crippen molar-refractivity contribution in [3.63, 3.8) is 0 Å². The molecule has 0 spiro atoms. The molecule has 2 N–H and O–H groups in total. The van der Waals surface area contributed by atoms with E-state index in [4.69, 9.17) is 18.9 Å². The van der Waals surface area contributed by atoms with Gasteiger partial charge in [0, 0.05) is 0 Å². The first-order valence-electron chi connectivity index (χ1n) is 5.72. The average molecular weight is 274 g/mol. The lowest BCUT2D eigenvalue weighted by atomic mass is 10.3. The minimum atomic E-state index is -1.96. The Hall–Kier alpha value is -0.710. The molecular formula is C12H19O5P. The van der Waals surface area contributed by atoms with Crippen LogP contribution in [0, 0.1) is 0 Å². The molecule has 0 saturated carbocycles. The van der Waals surface area contributed by atoms with Gasteiger partial charge in [-0.15, -0.1) is 0 Å². The van der Waals surface area contributed by atoms with Crippen LogP contribution in [0.4, 0.5) is 0 Å². The SMILES string of the molecule is CC(O)COC(C)COP(O)Oc1ccccc1. The summed E-state index contributed by atoms with van der Waals surface area (Å²) in [6.07, 6.45) is -0.722. The first-order chi connectivity index (χ1) is 8.58. The number of para-hydroxylation sites is 1. The van der Waals surface area contributed by atoms with E-state index in [-0.39, 0.29) is 19.3 Å². The number of aliphatic hydroxyl groups excluding tert-OH is 1. The molecule has 5 nitrogen and oxygen atoms in total. The molecule has 0 heterocycles.